The van der Waals surface area contributed by atoms with E-state index in [2.05, 4.69) is 13.8 Å². The van der Waals surface area contributed by atoms with Gasteiger partial charge in [0, 0.05) is 17.0 Å². The number of hydrogen-bond acceptors (Lipinski definition) is 1. The number of hydrogen-bond donors (Lipinski definition) is 0. The zero-order valence-corrected chi connectivity index (χ0v) is 26.4. The summed E-state index contributed by atoms with van der Waals surface area (Å²) in [7, 11) is 0. The molecule has 0 aromatic heterocycles. The van der Waals surface area contributed by atoms with Crippen molar-refractivity contribution in [3.8, 4) is 22.3 Å². The Labute approximate surface area is 258 Å². The normalized spacial score (nSPS) is 17.0. The van der Waals surface area contributed by atoms with E-state index in [1.807, 2.05) is 12.1 Å². The lowest BCUT2D eigenvalue weighted by Crippen LogP contribution is -2.24. The van der Waals surface area contributed by atoms with Gasteiger partial charge in [0.25, 0.3) is 0 Å². The van der Waals surface area contributed by atoms with E-state index in [1.54, 1.807) is 42.5 Å². The predicted molar refractivity (Wildman–Crippen MR) is 174 cm³/mol. The summed E-state index contributed by atoms with van der Waals surface area (Å²) in [5.41, 5.74) is 3.46. The maximum atomic E-state index is 15.3. The SMILES string of the molecule is CCCCCCCCCc1ccc(-c2ccc(-c3ccc(C4CCC(CCCCCCC)OC4)cc3F)cc2)c(F)c1F. The minimum Gasteiger partial charge on any atom is -0.378 e. The molecular formula is C39H51F3O. The molecule has 4 rings (SSSR count). The van der Waals surface area contributed by atoms with Crippen molar-refractivity contribution in [3.63, 3.8) is 0 Å². The molecule has 0 amide bonds. The van der Waals surface area contributed by atoms with Crippen molar-refractivity contribution in [1.82, 2.24) is 0 Å². The van der Waals surface area contributed by atoms with Crippen LogP contribution < -0.4 is 0 Å². The molecule has 43 heavy (non-hydrogen) atoms. The first-order valence-corrected chi connectivity index (χ1v) is 17.0. The average Bonchev–Trinajstić information content (AvgIpc) is 3.03. The summed E-state index contributed by atoms with van der Waals surface area (Å²) in [6.07, 6.45) is 18.4. The number of ether oxygens (including phenoxy) is 1. The van der Waals surface area contributed by atoms with Crippen LogP contribution in [0, 0.1) is 17.5 Å². The standard InChI is InChI=1S/C39H51F3O/c1-3-5-7-9-10-12-13-15-31-22-26-36(39(42)38(31)41)30-19-17-29(18-20-30)35-25-23-32(27-37(35)40)33-21-24-34(43-28-33)16-14-11-8-6-4-2/h17-20,22-23,25-27,33-34H,3-16,21,24,28H2,1-2H3. The molecule has 2 unspecified atom stereocenters. The van der Waals surface area contributed by atoms with E-state index < -0.39 is 11.6 Å². The quantitative estimate of drug-likeness (QED) is 0.142. The Morgan fingerprint density at radius 3 is 1.86 bits per heavy atom. The molecule has 0 spiro atoms. The third kappa shape index (κ3) is 9.70. The molecule has 234 valence electrons. The van der Waals surface area contributed by atoms with Crippen LogP contribution in [0.2, 0.25) is 0 Å². The number of unbranched alkanes of at least 4 members (excludes halogenated alkanes) is 10. The second kappa shape index (κ2) is 17.6. The topological polar surface area (TPSA) is 9.23 Å². The molecule has 0 N–H and O–H groups in total. The van der Waals surface area contributed by atoms with Crippen molar-refractivity contribution in [2.75, 3.05) is 6.61 Å². The lowest BCUT2D eigenvalue weighted by atomic mass is 9.89. The highest BCUT2D eigenvalue weighted by Gasteiger charge is 2.23. The van der Waals surface area contributed by atoms with Crippen LogP contribution in [0.25, 0.3) is 22.3 Å². The predicted octanol–water partition coefficient (Wildman–Crippen LogP) is 12.4. The third-order valence-electron chi connectivity index (χ3n) is 9.18. The summed E-state index contributed by atoms with van der Waals surface area (Å²) in [6.45, 7) is 5.08. The van der Waals surface area contributed by atoms with Crippen LogP contribution in [-0.2, 0) is 11.2 Å². The Bertz CT molecular complexity index is 1240. The van der Waals surface area contributed by atoms with Crippen LogP contribution in [0.5, 0.6) is 0 Å². The highest BCUT2D eigenvalue weighted by molar-refractivity contribution is 5.71. The summed E-state index contributed by atoms with van der Waals surface area (Å²) in [6, 6.07) is 15.9. The van der Waals surface area contributed by atoms with Crippen molar-refractivity contribution in [1.29, 1.82) is 0 Å². The number of rotatable bonds is 17. The van der Waals surface area contributed by atoms with Gasteiger partial charge >= 0.3 is 0 Å². The molecule has 1 aliphatic rings. The minimum atomic E-state index is -0.808. The van der Waals surface area contributed by atoms with Gasteiger partial charge in [-0.05, 0) is 60.4 Å². The van der Waals surface area contributed by atoms with E-state index >= 15 is 8.78 Å². The van der Waals surface area contributed by atoms with Crippen molar-refractivity contribution >= 4 is 0 Å². The van der Waals surface area contributed by atoms with Gasteiger partial charge in [0.15, 0.2) is 11.6 Å². The second-order valence-corrected chi connectivity index (χ2v) is 12.5. The van der Waals surface area contributed by atoms with E-state index in [4.69, 9.17) is 4.74 Å². The molecule has 0 radical (unpaired) electrons. The molecular weight excluding hydrogens is 541 g/mol. The minimum absolute atomic E-state index is 0.217. The highest BCUT2D eigenvalue weighted by atomic mass is 19.2. The zero-order chi connectivity index (χ0) is 30.4. The molecule has 0 bridgehead atoms. The molecule has 1 saturated heterocycles. The summed E-state index contributed by atoms with van der Waals surface area (Å²) >= 11 is 0. The van der Waals surface area contributed by atoms with Gasteiger partial charge in [-0.15, -0.1) is 0 Å². The van der Waals surface area contributed by atoms with Crippen LogP contribution in [0.3, 0.4) is 0 Å². The van der Waals surface area contributed by atoms with E-state index in [1.165, 1.54) is 57.8 Å². The van der Waals surface area contributed by atoms with Crippen molar-refractivity contribution in [2.45, 2.75) is 129 Å². The molecule has 4 heteroatoms. The van der Waals surface area contributed by atoms with Crippen LogP contribution in [-0.4, -0.2) is 12.7 Å². The lowest BCUT2D eigenvalue weighted by Gasteiger charge is -2.29. The van der Waals surface area contributed by atoms with Crippen LogP contribution in [0.4, 0.5) is 13.2 Å². The fraction of sp³-hybridized carbons (Fsp3) is 0.538. The van der Waals surface area contributed by atoms with E-state index in [9.17, 15) is 4.39 Å². The number of halogens is 3. The van der Waals surface area contributed by atoms with Gasteiger partial charge in [0.05, 0.1) is 12.7 Å². The van der Waals surface area contributed by atoms with Gasteiger partial charge < -0.3 is 4.74 Å². The first-order chi connectivity index (χ1) is 21.0. The number of aryl methyl sites for hydroxylation is 1. The van der Waals surface area contributed by atoms with Crippen molar-refractivity contribution < 1.29 is 17.9 Å². The summed E-state index contributed by atoms with van der Waals surface area (Å²) < 4.78 is 51.4. The smallest absolute Gasteiger partial charge is 0.166 e. The molecule has 0 aliphatic carbocycles. The van der Waals surface area contributed by atoms with Crippen LogP contribution in [0.15, 0.2) is 54.6 Å². The van der Waals surface area contributed by atoms with Gasteiger partial charge in [0.1, 0.15) is 5.82 Å². The summed E-state index contributed by atoms with van der Waals surface area (Å²) in [5, 5.41) is 0. The van der Waals surface area contributed by atoms with Gasteiger partial charge in [0.2, 0.25) is 0 Å². The molecule has 0 saturated carbocycles. The molecule has 1 aliphatic heterocycles. The zero-order valence-electron chi connectivity index (χ0n) is 26.4. The number of benzene rings is 3. The maximum absolute atomic E-state index is 15.3. The maximum Gasteiger partial charge on any atom is 0.166 e. The molecule has 3 aromatic rings. The largest absolute Gasteiger partial charge is 0.378 e. The molecule has 2 atom stereocenters. The molecule has 1 heterocycles. The fourth-order valence-electron chi connectivity index (χ4n) is 6.40. The molecule has 1 fully saturated rings. The van der Waals surface area contributed by atoms with Gasteiger partial charge in [-0.3, -0.25) is 0 Å². The van der Waals surface area contributed by atoms with Gasteiger partial charge in [-0.25, -0.2) is 13.2 Å². The van der Waals surface area contributed by atoms with Gasteiger partial charge in [-0.2, -0.15) is 0 Å². The van der Waals surface area contributed by atoms with Gasteiger partial charge in [-0.1, -0.05) is 133 Å². The van der Waals surface area contributed by atoms with E-state index in [0.29, 0.717) is 41.4 Å². The second-order valence-electron chi connectivity index (χ2n) is 12.5. The third-order valence-corrected chi connectivity index (χ3v) is 9.18. The average molecular weight is 593 g/mol. The Morgan fingerprint density at radius 1 is 0.628 bits per heavy atom. The van der Waals surface area contributed by atoms with Crippen molar-refractivity contribution in [2.24, 2.45) is 0 Å². The Hall–Kier alpha value is -2.59. The molecule has 1 nitrogen and oxygen atoms in total. The Morgan fingerprint density at radius 2 is 1.23 bits per heavy atom. The Balaban J connectivity index is 1.31. The monoisotopic (exact) mass is 592 g/mol. The first-order valence-electron chi connectivity index (χ1n) is 17.0. The van der Waals surface area contributed by atoms with Crippen LogP contribution >= 0.6 is 0 Å². The first kappa shape index (κ1) is 33.3. The summed E-state index contributed by atoms with van der Waals surface area (Å²) in [4.78, 5) is 0. The highest BCUT2D eigenvalue weighted by Crippen LogP contribution is 2.34. The summed E-state index contributed by atoms with van der Waals surface area (Å²) in [5.74, 6) is -1.61. The fourth-order valence-corrected chi connectivity index (χ4v) is 6.40. The van der Waals surface area contributed by atoms with E-state index in [-0.39, 0.29) is 17.3 Å². The lowest BCUT2D eigenvalue weighted by molar-refractivity contribution is -0.00217. The van der Waals surface area contributed by atoms with Crippen molar-refractivity contribution in [3.05, 3.63) is 83.2 Å². The Kier molecular flexibility index (Phi) is 13.7. The van der Waals surface area contributed by atoms with Crippen LogP contribution in [0.1, 0.15) is 127 Å². The molecule has 3 aromatic carbocycles. The van der Waals surface area contributed by atoms with E-state index in [0.717, 1.165) is 44.1 Å².